The van der Waals surface area contributed by atoms with E-state index in [0.717, 1.165) is 32.4 Å². The Balaban J connectivity index is 1.98. The van der Waals surface area contributed by atoms with Crippen molar-refractivity contribution in [2.24, 2.45) is 5.92 Å². The summed E-state index contributed by atoms with van der Waals surface area (Å²) in [6.45, 7) is 5.58. The van der Waals surface area contributed by atoms with Crippen LogP contribution in [0.1, 0.15) is 30.4 Å². The highest BCUT2D eigenvalue weighted by Gasteiger charge is 2.18. The summed E-state index contributed by atoms with van der Waals surface area (Å²) in [6.07, 6.45) is 3.11. The van der Waals surface area contributed by atoms with Crippen LogP contribution >= 0.6 is 0 Å². The Morgan fingerprint density at radius 1 is 1.33 bits per heavy atom. The standard InChI is InChI=1S/C15H23FN2O2S/c1-11-8-14(9-12(2)15(11)16)21(19,20)18-7-5-13-4-3-6-17-10-13/h8-9,13,17-18H,3-7,10H2,1-2H3. The molecule has 1 unspecified atom stereocenters. The predicted octanol–water partition coefficient (Wildman–Crippen LogP) is 2.11. The van der Waals surface area contributed by atoms with Gasteiger partial charge < -0.3 is 5.32 Å². The van der Waals surface area contributed by atoms with Crippen molar-refractivity contribution >= 4 is 10.0 Å². The van der Waals surface area contributed by atoms with Crippen molar-refractivity contribution in [3.63, 3.8) is 0 Å². The summed E-state index contributed by atoms with van der Waals surface area (Å²) in [4.78, 5) is 0.140. The number of aryl methyl sites for hydroxylation is 2. The lowest BCUT2D eigenvalue weighted by atomic mass is 9.96. The molecule has 0 saturated carbocycles. The minimum Gasteiger partial charge on any atom is -0.316 e. The summed E-state index contributed by atoms with van der Waals surface area (Å²) >= 11 is 0. The number of piperidine rings is 1. The normalized spacial score (nSPS) is 19.7. The molecule has 1 aromatic rings. The van der Waals surface area contributed by atoms with Gasteiger partial charge in [0.05, 0.1) is 4.90 Å². The van der Waals surface area contributed by atoms with Crippen LogP contribution in [-0.2, 0) is 10.0 Å². The fraction of sp³-hybridized carbons (Fsp3) is 0.600. The highest BCUT2D eigenvalue weighted by atomic mass is 32.2. The molecule has 4 nitrogen and oxygen atoms in total. The Hall–Kier alpha value is -0.980. The number of halogens is 1. The van der Waals surface area contributed by atoms with E-state index in [1.807, 2.05) is 0 Å². The van der Waals surface area contributed by atoms with E-state index in [0.29, 0.717) is 23.6 Å². The zero-order valence-corrected chi connectivity index (χ0v) is 13.4. The Labute approximate surface area is 126 Å². The average Bonchev–Trinajstić information content (AvgIpc) is 2.45. The molecule has 1 aliphatic rings. The number of hydrogen-bond donors (Lipinski definition) is 2. The third-order valence-corrected chi connectivity index (χ3v) is 5.40. The van der Waals surface area contributed by atoms with Gasteiger partial charge in [-0.2, -0.15) is 0 Å². The maximum absolute atomic E-state index is 13.6. The van der Waals surface area contributed by atoms with Crippen LogP contribution in [0.15, 0.2) is 17.0 Å². The van der Waals surface area contributed by atoms with E-state index in [2.05, 4.69) is 10.0 Å². The van der Waals surface area contributed by atoms with E-state index in [1.54, 1.807) is 13.8 Å². The van der Waals surface area contributed by atoms with Gasteiger partial charge in [0, 0.05) is 6.54 Å². The molecule has 2 rings (SSSR count). The Bertz CT molecular complexity index is 573. The molecule has 1 heterocycles. The first-order valence-corrected chi connectivity index (χ1v) is 8.85. The number of nitrogens with one attached hydrogen (secondary N) is 2. The summed E-state index contributed by atoms with van der Waals surface area (Å²) < 4.78 is 40.7. The van der Waals surface area contributed by atoms with Gasteiger partial charge in [0.2, 0.25) is 10.0 Å². The zero-order chi connectivity index (χ0) is 15.5. The first kappa shape index (κ1) is 16.4. The zero-order valence-electron chi connectivity index (χ0n) is 12.6. The monoisotopic (exact) mass is 314 g/mol. The molecule has 0 amide bonds. The average molecular weight is 314 g/mol. The summed E-state index contributed by atoms with van der Waals surface area (Å²) in [6, 6.07) is 2.76. The summed E-state index contributed by atoms with van der Waals surface area (Å²) in [5.74, 6) is 0.181. The smallest absolute Gasteiger partial charge is 0.240 e. The third-order valence-electron chi connectivity index (χ3n) is 3.96. The second-order valence-electron chi connectivity index (χ2n) is 5.77. The van der Waals surface area contributed by atoms with Gasteiger partial charge in [0.25, 0.3) is 0 Å². The van der Waals surface area contributed by atoms with Crippen molar-refractivity contribution < 1.29 is 12.8 Å². The fourth-order valence-electron chi connectivity index (χ4n) is 2.71. The van der Waals surface area contributed by atoms with Crippen LogP contribution in [0.25, 0.3) is 0 Å². The lowest BCUT2D eigenvalue weighted by Crippen LogP contribution is -2.33. The van der Waals surface area contributed by atoms with E-state index >= 15 is 0 Å². The molecule has 118 valence electrons. The van der Waals surface area contributed by atoms with E-state index in [-0.39, 0.29) is 10.7 Å². The van der Waals surface area contributed by atoms with Gasteiger partial charge in [-0.25, -0.2) is 17.5 Å². The molecule has 1 fully saturated rings. The second kappa shape index (κ2) is 6.85. The van der Waals surface area contributed by atoms with Gasteiger partial charge >= 0.3 is 0 Å². The van der Waals surface area contributed by atoms with Gasteiger partial charge in [-0.15, -0.1) is 0 Å². The maximum atomic E-state index is 13.6. The molecule has 1 aromatic carbocycles. The molecular formula is C15H23FN2O2S. The molecular weight excluding hydrogens is 291 g/mol. The first-order valence-electron chi connectivity index (χ1n) is 7.37. The lowest BCUT2D eigenvalue weighted by molar-refractivity contribution is 0.358. The highest BCUT2D eigenvalue weighted by Crippen LogP contribution is 2.19. The first-order chi connectivity index (χ1) is 9.90. The van der Waals surface area contributed by atoms with Crippen molar-refractivity contribution in [1.82, 2.24) is 10.0 Å². The van der Waals surface area contributed by atoms with Crippen molar-refractivity contribution in [3.8, 4) is 0 Å². The van der Waals surface area contributed by atoms with Crippen LogP contribution in [0.2, 0.25) is 0 Å². The molecule has 1 saturated heterocycles. The van der Waals surface area contributed by atoms with Crippen molar-refractivity contribution in [2.45, 2.75) is 38.0 Å². The van der Waals surface area contributed by atoms with Crippen LogP contribution in [0.4, 0.5) is 4.39 Å². The molecule has 0 bridgehead atoms. The number of benzene rings is 1. The van der Waals surface area contributed by atoms with E-state index in [1.165, 1.54) is 12.1 Å². The van der Waals surface area contributed by atoms with Crippen LogP contribution in [-0.4, -0.2) is 28.1 Å². The van der Waals surface area contributed by atoms with Gasteiger partial charge in [-0.1, -0.05) is 0 Å². The Kier molecular flexibility index (Phi) is 5.35. The van der Waals surface area contributed by atoms with Crippen molar-refractivity contribution in [2.75, 3.05) is 19.6 Å². The molecule has 0 aliphatic carbocycles. The largest absolute Gasteiger partial charge is 0.316 e. The molecule has 21 heavy (non-hydrogen) atoms. The van der Waals surface area contributed by atoms with E-state index in [4.69, 9.17) is 0 Å². The van der Waals surface area contributed by atoms with Crippen LogP contribution in [0.5, 0.6) is 0 Å². The van der Waals surface area contributed by atoms with Gasteiger partial charge in [0.15, 0.2) is 0 Å². The minimum atomic E-state index is -3.56. The van der Waals surface area contributed by atoms with E-state index in [9.17, 15) is 12.8 Å². The van der Waals surface area contributed by atoms with Crippen LogP contribution < -0.4 is 10.0 Å². The fourth-order valence-corrected chi connectivity index (χ4v) is 3.93. The highest BCUT2D eigenvalue weighted by molar-refractivity contribution is 7.89. The number of sulfonamides is 1. The number of hydrogen-bond acceptors (Lipinski definition) is 3. The maximum Gasteiger partial charge on any atom is 0.240 e. The topological polar surface area (TPSA) is 58.2 Å². The molecule has 2 N–H and O–H groups in total. The SMILES string of the molecule is Cc1cc(S(=O)(=O)NCCC2CCCNC2)cc(C)c1F. The Morgan fingerprint density at radius 3 is 2.57 bits per heavy atom. The van der Waals surface area contributed by atoms with Gasteiger partial charge in [-0.3, -0.25) is 0 Å². The molecule has 1 atom stereocenters. The molecule has 1 aliphatic heterocycles. The molecule has 6 heteroatoms. The minimum absolute atomic E-state index is 0.140. The molecule has 0 aromatic heterocycles. The summed E-state index contributed by atoms with van der Waals surface area (Å²) in [5, 5.41) is 3.32. The van der Waals surface area contributed by atoms with Gasteiger partial charge in [-0.05, 0) is 75.4 Å². The molecule has 0 spiro atoms. The predicted molar refractivity (Wildman–Crippen MR) is 81.3 cm³/mol. The lowest BCUT2D eigenvalue weighted by Gasteiger charge is -2.22. The van der Waals surface area contributed by atoms with Crippen molar-refractivity contribution in [1.29, 1.82) is 0 Å². The molecule has 0 radical (unpaired) electrons. The van der Waals surface area contributed by atoms with E-state index < -0.39 is 10.0 Å². The third kappa shape index (κ3) is 4.25. The quantitative estimate of drug-likeness (QED) is 0.875. The Morgan fingerprint density at radius 2 is 2.00 bits per heavy atom. The van der Waals surface area contributed by atoms with Crippen LogP contribution in [0, 0.1) is 25.6 Å². The van der Waals surface area contributed by atoms with Crippen molar-refractivity contribution in [3.05, 3.63) is 29.1 Å². The van der Waals surface area contributed by atoms with Gasteiger partial charge in [0.1, 0.15) is 5.82 Å². The summed E-state index contributed by atoms with van der Waals surface area (Å²) in [5.41, 5.74) is 0.707. The summed E-state index contributed by atoms with van der Waals surface area (Å²) in [7, 11) is -3.56. The second-order valence-corrected chi connectivity index (χ2v) is 7.54. The number of rotatable bonds is 5. The van der Waals surface area contributed by atoms with Crippen LogP contribution in [0.3, 0.4) is 0 Å².